The molecule has 0 aliphatic carbocycles. The van der Waals surface area contributed by atoms with Gasteiger partial charge in [0.2, 0.25) is 17.7 Å². The summed E-state index contributed by atoms with van der Waals surface area (Å²) in [6.45, 7) is 4.57. The Kier molecular flexibility index (Phi) is 9.81. The molecule has 29 heavy (non-hydrogen) atoms. The predicted molar refractivity (Wildman–Crippen MR) is 108 cm³/mol. The summed E-state index contributed by atoms with van der Waals surface area (Å²) < 4.78 is 0. The molecule has 1 rings (SSSR count). The van der Waals surface area contributed by atoms with E-state index in [4.69, 9.17) is 10.8 Å². The maximum absolute atomic E-state index is 12.5. The van der Waals surface area contributed by atoms with Crippen LogP contribution < -0.4 is 21.7 Å². The van der Waals surface area contributed by atoms with Gasteiger partial charge in [0.05, 0.1) is 6.04 Å². The molecule has 0 heterocycles. The molecule has 6 N–H and O–H groups in total. The Morgan fingerprint density at radius 3 is 2.17 bits per heavy atom. The van der Waals surface area contributed by atoms with Crippen LogP contribution in [0.25, 0.3) is 0 Å². The van der Waals surface area contributed by atoms with Crippen LogP contribution in [0.1, 0.15) is 32.8 Å². The van der Waals surface area contributed by atoms with Crippen molar-refractivity contribution in [2.75, 3.05) is 6.54 Å². The molecule has 3 amide bonds. The number of carbonyl (C=O) groups is 4. The van der Waals surface area contributed by atoms with Gasteiger partial charge in [0.15, 0.2) is 0 Å². The van der Waals surface area contributed by atoms with Crippen LogP contribution in [0.4, 0.5) is 0 Å². The monoisotopic (exact) mass is 406 g/mol. The van der Waals surface area contributed by atoms with Crippen molar-refractivity contribution in [2.24, 2.45) is 11.7 Å². The van der Waals surface area contributed by atoms with Gasteiger partial charge >= 0.3 is 5.97 Å². The molecule has 0 saturated heterocycles. The molecule has 0 fully saturated rings. The Morgan fingerprint density at radius 1 is 1.00 bits per heavy atom. The van der Waals surface area contributed by atoms with Gasteiger partial charge in [0.25, 0.3) is 0 Å². The molecule has 0 bridgehead atoms. The van der Waals surface area contributed by atoms with Crippen LogP contribution in [-0.2, 0) is 25.6 Å². The first kappa shape index (κ1) is 24.1. The summed E-state index contributed by atoms with van der Waals surface area (Å²) in [5.74, 6) is -3.03. The van der Waals surface area contributed by atoms with Crippen molar-refractivity contribution < 1.29 is 24.3 Å². The standard InChI is InChI=1S/C20H30N4O5/c1-4-12(2)17(20(29)22-11-16(25)26)24-18(27)13(3)23-19(28)15(21)10-14-8-6-5-7-9-14/h5-9,12-13,15,17H,4,10-11,21H2,1-3H3,(H,22,29)(H,23,28)(H,24,27)(H,25,26). The molecule has 0 spiro atoms. The second-order valence-electron chi connectivity index (χ2n) is 7.01. The van der Waals surface area contributed by atoms with E-state index in [2.05, 4.69) is 16.0 Å². The van der Waals surface area contributed by atoms with Gasteiger partial charge in [-0.25, -0.2) is 0 Å². The van der Waals surface area contributed by atoms with Gasteiger partial charge in [-0.3, -0.25) is 19.2 Å². The van der Waals surface area contributed by atoms with E-state index in [-0.39, 0.29) is 5.92 Å². The number of nitrogens with two attached hydrogens (primary N) is 1. The van der Waals surface area contributed by atoms with Crippen molar-refractivity contribution >= 4 is 23.7 Å². The smallest absolute Gasteiger partial charge is 0.322 e. The Hall–Kier alpha value is -2.94. The van der Waals surface area contributed by atoms with Crippen LogP contribution in [0.15, 0.2) is 30.3 Å². The highest BCUT2D eigenvalue weighted by atomic mass is 16.4. The fourth-order valence-corrected chi connectivity index (χ4v) is 2.60. The van der Waals surface area contributed by atoms with E-state index in [1.54, 1.807) is 6.92 Å². The lowest BCUT2D eigenvalue weighted by molar-refractivity contribution is -0.139. The normalized spacial score (nSPS) is 14.8. The first-order chi connectivity index (χ1) is 13.6. The van der Waals surface area contributed by atoms with Crippen LogP contribution in [0, 0.1) is 5.92 Å². The first-order valence-corrected chi connectivity index (χ1v) is 9.55. The Bertz CT molecular complexity index is 710. The van der Waals surface area contributed by atoms with E-state index < -0.39 is 48.4 Å². The van der Waals surface area contributed by atoms with Gasteiger partial charge in [-0.15, -0.1) is 0 Å². The summed E-state index contributed by atoms with van der Waals surface area (Å²) in [7, 11) is 0. The Balaban J connectivity index is 2.65. The number of nitrogens with one attached hydrogen (secondary N) is 3. The molecule has 9 heteroatoms. The average Bonchev–Trinajstić information content (AvgIpc) is 2.69. The number of hydrogen-bond acceptors (Lipinski definition) is 5. The molecule has 4 atom stereocenters. The summed E-state index contributed by atoms with van der Waals surface area (Å²) in [6.07, 6.45) is 0.919. The third kappa shape index (κ3) is 8.30. The van der Waals surface area contributed by atoms with E-state index >= 15 is 0 Å². The van der Waals surface area contributed by atoms with Crippen LogP contribution in [-0.4, -0.2) is 53.5 Å². The minimum atomic E-state index is -1.18. The minimum Gasteiger partial charge on any atom is -0.480 e. The number of amides is 3. The van der Waals surface area contributed by atoms with Crippen molar-refractivity contribution in [3.8, 4) is 0 Å². The summed E-state index contributed by atoms with van der Waals surface area (Å²) in [4.78, 5) is 47.7. The molecule has 0 radical (unpaired) electrons. The molecule has 0 aliphatic heterocycles. The predicted octanol–water partition coefficient (Wildman–Crippen LogP) is -0.207. The van der Waals surface area contributed by atoms with E-state index in [1.165, 1.54) is 6.92 Å². The van der Waals surface area contributed by atoms with Gasteiger partial charge in [0.1, 0.15) is 18.6 Å². The van der Waals surface area contributed by atoms with E-state index in [0.29, 0.717) is 12.8 Å². The molecule has 0 aliphatic rings. The second kappa shape index (κ2) is 11.8. The minimum absolute atomic E-state index is 0.226. The summed E-state index contributed by atoms with van der Waals surface area (Å²) in [5.41, 5.74) is 6.82. The van der Waals surface area contributed by atoms with Crippen molar-refractivity contribution in [3.05, 3.63) is 35.9 Å². The third-order valence-electron chi connectivity index (χ3n) is 4.59. The molecule has 0 aromatic heterocycles. The lowest BCUT2D eigenvalue weighted by Gasteiger charge is -2.25. The fraction of sp³-hybridized carbons (Fsp3) is 0.500. The van der Waals surface area contributed by atoms with E-state index in [9.17, 15) is 19.2 Å². The number of carbonyl (C=O) groups excluding carboxylic acids is 3. The molecular formula is C20H30N4O5. The lowest BCUT2D eigenvalue weighted by atomic mass is 9.98. The van der Waals surface area contributed by atoms with Crippen molar-refractivity contribution in [1.82, 2.24) is 16.0 Å². The van der Waals surface area contributed by atoms with Gasteiger partial charge in [0, 0.05) is 0 Å². The van der Waals surface area contributed by atoms with Gasteiger partial charge in [-0.05, 0) is 24.8 Å². The lowest BCUT2D eigenvalue weighted by Crippen LogP contribution is -2.56. The highest BCUT2D eigenvalue weighted by molar-refractivity contribution is 5.93. The van der Waals surface area contributed by atoms with Crippen LogP contribution in [0.3, 0.4) is 0 Å². The summed E-state index contributed by atoms with van der Waals surface area (Å²) in [6, 6.07) is 6.62. The molecule has 0 saturated carbocycles. The third-order valence-corrected chi connectivity index (χ3v) is 4.59. The number of rotatable bonds is 11. The quantitative estimate of drug-likeness (QED) is 0.343. The number of benzene rings is 1. The maximum atomic E-state index is 12.5. The highest BCUT2D eigenvalue weighted by Gasteiger charge is 2.29. The van der Waals surface area contributed by atoms with Gasteiger partial charge < -0.3 is 26.8 Å². The zero-order valence-corrected chi connectivity index (χ0v) is 17.0. The van der Waals surface area contributed by atoms with Gasteiger partial charge in [-0.2, -0.15) is 0 Å². The molecule has 1 aromatic carbocycles. The summed E-state index contributed by atoms with van der Waals surface area (Å²) >= 11 is 0. The largest absolute Gasteiger partial charge is 0.480 e. The Morgan fingerprint density at radius 2 is 1.62 bits per heavy atom. The van der Waals surface area contributed by atoms with Crippen molar-refractivity contribution in [3.63, 3.8) is 0 Å². The van der Waals surface area contributed by atoms with Gasteiger partial charge in [-0.1, -0.05) is 50.6 Å². The number of carboxylic acids is 1. The Labute approximate surface area is 170 Å². The second-order valence-corrected chi connectivity index (χ2v) is 7.01. The molecule has 9 nitrogen and oxygen atoms in total. The average molecular weight is 406 g/mol. The van der Waals surface area contributed by atoms with E-state index in [0.717, 1.165) is 5.56 Å². The number of hydrogen-bond donors (Lipinski definition) is 5. The highest BCUT2D eigenvalue weighted by Crippen LogP contribution is 2.08. The molecular weight excluding hydrogens is 376 g/mol. The summed E-state index contributed by atoms with van der Waals surface area (Å²) in [5, 5.41) is 16.1. The zero-order chi connectivity index (χ0) is 22.0. The van der Waals surface area contributed by atoms with Crippen LogP contribution in [0.5, 0.6) is 0 Å². The molecule has 4 unspecified atom stereocenters. The number of carboxylic acid groups (broad SMARTS) is 1. The van der Waals surface area contributed by atoms with Crippen LogP contribution >= 0.6 is 0 Å². The molecule has 1 aromatic rings. The van der Waals surface area contributed by atoms with Crippen LogP contribution in [0.2, 0.25) is 0 Å². The van der Waals surface area contributed by atoms with Crippen molar-refractivity contribution in [2.45, 2.75) is 51.7 Å². The van der Waals surface area contributed by atoms with Crippen molar-refractivity contribution in [1.29, 1.82) is 0 Å². The zero-order valence-electron chi connectivity index (χ0n) is 17.0. The fourth-order valence-electron chi connectivity index (χ4n) is 2.60. The first-order valence-electron chi connectivity index (χ1n) is 9.55. The topological polar surface area (TPSA) is 151 Å². The molecule has 160 valence electrons. The van der Waals surface area contributed by atoms with E-state index in [1.807, 2.05) is 37.3 Å². The number of aliphatic carboxylic acids is 1. The SMILES string of the molecule is CCC(C)C(NC(=O)C(C)NC(=O)C(N)Cc1ccccc1)C(=O)NCC(=O)O. The maximum Gasteiger partial charge on any atom is 0.322 e.